The molecule has 21 heavy (non-hydrogen) atoms. The van der Waals surface area contributed by atoms with E-state index >= 15 is 0 Å². The fourth-order valence-corrected chi connectivity index (χ4v) is 2.82. The molecule has 0 aliphatic carbocycles. The molecule has 1 aliphatic rings. The number of rotatable bonds is 2. The zero-order chi connectivity index (χ0) is 15.0. The monoisotopic (exact) mass is 287 g/mol. The number of fused-ring (bicyclic) bond motifs is 1. The van der Waals surface area contributed by atoms with Gasteiger partial charge in [-0.2, -0.15) is 0 Å². The molecule has 1 unspecified atom stereocenters. The maximum absolute atomic E-state index is 5.98. The smallest absolute Gasteiger partial charge is 0.212 e. The third kappa shape index (κ3) is 2.97. The van der Waals surface area contributed by atoms with Crippen LogP contribution in [0.25, 0.3) is 11.1 Å². The Bertz CT molecular complexity index is 620. The van der Waals surface area contributed by atoms with Gasteiger partial charge in [0.15, 0.2) is 5.58 Å². The van der Waals surface area contributed by atoms with Crippen molar-refractivity contribution in [3.8, 4) is 0 Å². The molecule has 1 aliphatic heterocycles. The summed E-state index contributed by atoms with van der Waals surface area (Å²) < 4.78 is 5.98. The summed E-state index contributed by atoms with van der Waals surface area (Å²) in [7, 11) is 0. The largest absolute Gasteiger partial charge is 0.439 e. The first-order valence-corrected chi connectivity index (χ1v) is 7.81. The van der Waals surface area contributed by atoms with Crippen LogP contribution in [0.4, 0.5) is 0 Å². The fourth-order valence-electron chi connectivity index (χ4n) is 2.82. The third-order valence-electron chi connectivity index (χ3n) is 4.33. The van der Waals surface area contributed by atoms with Crippen LogP contribution in [-0.4, -0.2) is 36.1 Å². The number of nitrogens with one attached hydrogen (secondary N) is 1. The van der Waals surface area contributed by atoms with Gasteiger partial charge in [-0.05, 0) is 30.0 Å². The van der Waals surface area contributed by atoms with Crippen molar-refractivity contribution < 1.29 is 4.42 Å². The number of piperazine rings is 1. The SMILES string of the molecule is CC(c1nc2cc(C(C)(C)C)ccc2o1)N1CCNCC1. The summed E-state index contributed by atoms with van der Waals surface area (Å²) in [6.07, 6.45) is 0. The van der Waals surface area contributed by atoms with Gasteiger partial charge in [-0.1, -0.05) is 26.8 Å². The minimum Gasteiger partial charge on any atom is -0.439 e. The van der Waals surface area contributed by atoms with Crippen molar-refractivity contribution in [2.75, 3.05) is 26.2 Å². The minimum absolute atomic E-state index is 0.136. The number of nitrogens with zero attached hydrogens (tertiary/aromatic N) is 2. The molecular formula is C17H25N3O. The van der Waals surface area contributed by atoms with Crippen LogP contribution in [0.2, 0.25) is 0 Å². The first-order chi connectivity index (χ1) is 9.95. The summed E-state index contributed by atoms with van der Waals surface area (Å²) in [5, 5.41) is 3.38. The predicted molar refractivity (Wildman–Crippen MR) is 85.6 cm³/mol. The van der Waals surface area contributed by atoms with E-state index in [1.807, 2.05) is 0 Å². The van der Waals surface area contributed by atoms with E-state index in [0.29, 0.717) is 0 Å². The second-order valence-corrected chi connectivity index (χ2v) is 6.95. The summed E-state index contributed by atoms with van der Waals surface area (Å²) in [5.74, 6) is 0.831. The van der Waals surface area contributed by atoms with Crippen molar-refractivity contribution in [1.82, 2.24) is 15.2 Å². The molecule has 1 aromatic heterocycles. The molecule has 0 amide bonds. The molecule has 4 nitrogen and oxygen atoms in total. The number of oxazole rings is 1. The number of hydrogen-bond acceptors (Lipinski definition) is 4. The van der Waals surface area contributed by atoms with Gasteiger partial charge in [0.05, 0.1) is 6.04 Å². The Labute approximate surface area is 126 Å². The van der Waals surface area contributed by atoms with Gasteiger partial charge < -0.3 is 9.73 Å². The molecule has 2 aromatic rings. The molecule has 0 saturated carbocycles. The van der Waals surface area contributed by atoms with Gasteiger partial charge in [-0.15, -0.1) is 0 Å². The normalized spacial score (nSPS) is 19.0. The predicted octanol–water partition coefficient (Wildman–Crippen LogP) is 3.09. The molecule has 4 heteroatoms. The zero-order valence-electron chi connectivity index (χ0n) is 13.4. The first-order valence-electron chi connectivity index (χ1n) is 7.81. The van der Waals surface area contributed by atoms with Crippen LogP contribution in [0.1, 0.15) is 45.2 Å². The van der Waals surface area contributed by atoms with Crippen LogP contribution in [0.3, 0.4) is 0 Å². The van der Waals surface area contributed by atoms with E-state index in [0.717, 1.165) is 43.2 Å². The highest BCUT2D eigenvalue weighted by atomic mass is 16.3. The lowest BCUT2D eigenvalue weighted by molar-refractivity contribution is 0.164. The molecule has 1 atom stereocenters. The highest BCUT2D eigenvalue weighted by Gasteiger charge is 2.23. The Kier molecular flexibility index (Phi) is 3.76. The van der Waals surface area contributed by atoms with E-state index in [-0.39, 0.29) is 11.5 Å². The molecule has 0 bridgehead atoms. The van der Waals surface area contributed by atoms with Crippen LogP contribution in [0.15, 0.2) is 22.6 Å². The number of benzene rings is 1. The van der Waals surface area contributed by atoms with Crippen molar-refractivity contribution in [1.29, 1.82) is 0 Å². The minimum atomic E-state index is 0.136. The quantitative estimate of drug-likeness (QED) is 0.921. The van der Waals surface area contributed by atoms with E-state index < -0.39 is 0 Å². The van der Waals surface area contributed by atoms with Crippen LogP contribution < -0.4 is 5.32 Å². The standard InChI is InChI=1S/C17H25N3O/c1-12(20-9-7-18-8-10-20)16-19-14-11-13(17(2,3)4)5-6-15(14)21-16/h5-6,11-12,18H,7-10H2,1-4H3. The molecule has 2 heterocycles. The molecule has 1 N–H and O–H groups in total. The maximum Gasteiger partial charge on any atom is 0.212 e. The van der Waals surface area contributed by atoms with Crippen molar-refractivity contribution in [2.24, 2.45) is 0 Å². The highest BCUT2D eigenvalue weighted by Crippen LogP contribution is 2.29. The second-order valence-electron chi connectivity index (χ2n) is 6.95. The highest BCUT2D eigenvalue weighted by molar-refractivity contribution is 5.73. The summed E-state index contributed by atoms with van der Waals surface area (Å²) in [5.41, 5.74) is 3.29. The summed E-state index contributed by atoms with van der Waals surface area (Å²) in [4.78, 5) is 7.16. The molecule has 3 rings (SSSR count). The van der Waals surface area contributed by atoms with E-state index in [1.165, 1.54) is 5.56 Å². The fraction of sp³-hybridized carbons (Fsp3) is 0.588. The van der Waals surface area contributed by atoms with Crippen LogP contribution >= 0.6 is 0 Å². The number of hydrogen-bond donors (Lipinski definition) is 1. The van der Waals surface area contributed by atoms with Gasteiger partial charge in [0.1, 0.15) is 5.52 Å². The Morgan fingerprint density at radius 2 is 1.95 bits per heavy atom. The lowest BCUT2D eigenvalue weighted by Crippen LogP contribution is -2.44. The molecule has 1 saturated heterocycles. The molecular weight excluding hydrogens is 262 g/mol. The van der Waals surface area contributed by atoms with Gasteiger partial charge in [-0.25, -0.2) is 4.98 Å². The zero-order valence-corrected chi connectivity index (χ0v) is 13.4. The van der Waals surface area contributed by atoms with Crippen molar-refractivity contribution >= 4 is 11.1 Å². The van der Waals surface area contributed by atoms with Crippen LogP contribution in [0, 0.1) is 0 Å². The maximum atomic E-state index is 5.98. The van der Waals surface area contributed by atoms with Crippen LogP contribution in [-0.2, 0) is 5.41 Å². The van der Waals surface area contributed by atoms with Crippen molar-refractivity contribution in [3.05, 3.63) is 29.7 Å². The average Bonchev–Trinajstić information content (AvgIpc) is 2.89. The van der Waals surface area contributed by atoms with Crippen LogP contribution in [0.5, 0.6) is 0 Å². The Hall–Kier alpha value is -1.39. The summed E-state index contributed by atoms with van der Waals surface area (Å²) >= 11 is 0. The van der Waals surface area contributed by atoms with Gasteiger partial charge in [0.2, 0.25) is 5.89 Å². The number of aromatic nitrogens is 1. The van der Waals surface area contributed by atoms with Gasteiger partial charge in [0, 0.05) is 26.2 Å². The first kappa shape index (κ1) is 14.5. The lowest BCUT2D eigenvalue weighted by atomic mass is 9.87. The summed E-state index contributed by atoms with van der Waals surface area (Å²) in [6.45, 7) is 13.0. The van der Waals surface area contributed by atoms with E-state index in [1.54, 1.807) is 0 Å². The van der Waals surface area contributed by atoms with Crippen molar-refractivity contribution in [2.45, 2.75) is 39.2 Å². The molecule has 0 radical (unpaired) electrons. The Morgan fingerprint density at radius 1 is 1.24 bits per heavy atom. The van der Waals surface area contributed by atoms with Gasteiger partial charge >= 0.3 is 0 Å². The van der Waals surface area contributed by atoms with E-state index in [2.05, 4.69) is 56.1 Å². The molecule has 1 aromatic carbocycles. The molecule has 0 spiro atoms. The molecule has 1 fully saturated rings. The Morgan fingerprint density at radius 3 is 2.62 bits per heavy atom. The van der Waals surface area contributed by atoms with Crippen molar-refractivity contribution in [3.63, 3.8) is 0 Å². The topological polar surface area (TPSA) is 41.3 Å². The van der Waals surface area contributed by atoms with E-state index in [4.69, 9.17) is 9.40 Å². The summed E-state index contributed by atoms with van der Waals surface area (Å²) in [6, 6.07) is 6.59. The van der Waals surface area contributed by atoms with Gasteiger partial charge in [0.25, 0.3) is 0 Å². The third-order valence-corrected chi connectivity index (χ3v) is 4.33. The van der Waals surface area contributed by atoms with E-state index in [9.17, 15) is 0 Å². The molecule has 114 valence electrons. The van der Waals surface area contributed by atoms with Gasteiger partial charge in [-0.3, -0.25) is 4.90 Å². The lowest BCUT2D eigenvalue weighted by Gasteiger charge is -2.30. The second kappa shape index (κ2) is 5.43. The Balaban J connectivity index is 1.89. The average molecular weight is 287 g/mol.